The number of hydrogen-bond acceptors (Lipinski definition) is 3. The molecule has 0 N–H and O–H groups in total. The monoisotopic (exact) mass is 641 g/mol. The molecule has 1 aliphatic heterocycles. The third-order valence-corrected chi connectivity index (χ3v) is 9.60. The lowest BCUT2D eigenvalue weighted by atomic mass is 9.92. The molecule has 1 aromatic heterocycles. The van der Waals surface area contributed by atoms with Crippen LogP contribution in [0, 0.1) is 11.3 Å². The SMILES string of the molecule is N#Cc1ccccc1-c1ccc2c(c1)c1ccccc1n2-c1cccc2c1C(=O)N(c1cccc(-c3ccccc3)c1-c1ccccc1)C2=O. The fourth-order valence-electron chi connectivity index (χ4n) is 7.40. The highest BCUT2D eigenvalue weighted by atomic mass is 16.2. The maximum atomic E-state index is 14.8. The Kier molecular flexibility index (Phi) is 6.75. The Hall–Kier alpha value is -7.03. The van der Waals surface area contributed by atoms with Crippen molar-refractivity contribution in [1.82, 2.24) is 4.57 Å². The number of aromatic nitrogens is 1. The molecule has 0 bridgehead atoms. The predicted molar refractivity (Wildman–Crippen MR) is 199 cm³/mol. The first-order chi connectivity index (χ1) is 24.6. The molecule has 2 amide bonds. The third-order valence-electron chi connectivity index (χ3n) is 9.60. The number of para-hydroxylation sites is 1. The number of carbonyl (C=O) groups excluding carboxylic acids is 2. The second kappa shape index (κ2) is 11.6. The van der Waals surface area contributed by atoms with Crippen LogP contribution in [0.15, 0.2) is 164 Å². The van der Waals surface area contributed by atoms with Crippen molar-refractivity contribution in [2.75, 3.05) is 4.90 Å². The third kappa shape index (κ3) is 4.40. The van der Waals surface area contributed by atoms with Gasteiger partial charge in [0.05, 0.1) is 45.2 Å². The van der Waals surface area contributed by atoms with Crippen molar-refractivity contribution in [3.05, 3.63) is 180 Å². The number of nitriles is 1. The molecule has 5 nitrogen and oxygen atoms in total. The highest BCUT2D eigenvalue weighted by molar-refractivity contribution is 6.36. The van der Waals surface area contributed by atoms with Gasteiger partial charge in [-0.15, -0.1) is 0 Å². The lowest BCUT2D eigenvalue weighted by molar-refractivity contribution is 0.0926. The molecule has 0 spiro atoms. The zero-order valence-electron chi connectivity index (χ0n) is 26.7. The van der Waals surface area contributed by atoms with Gasteiger partial charge in [-0.25, -0.2) is 4.90 Å². The number of anilines is 1. The van der Waals surface area contributed by atoms with Crippen LogP contribution in [0.1, 0.15) is 26.3 Å². The van der Waals surface area contributed by atoms with E-state index in [0.717, 1.165) is 55.2 Å². The van der Waals surface area contributed by atoms with Gasteiger partial charge in [0.2, 0.25) is 0 Å². The quantitative estimate of drug-likeness (QED) is 0.176. The largest absolute Gasteiger partial charge is 0.308 e. The van der Waals surface area contributed by atoms with E-state index in [-0.39, 0.29) is 11.8 Å². The fourth-order valence-corrected chi connectivity index (χ4v) is 7.40. The fraction of sp³-hybridized carbons (Fsp3) is 0. The summed E-state index contributed by atoms with van der Waals surface area (Å²) in [6.45, 7) is 0. The Morgan fingerprint density at radius 3 is 1.84 bits per heavy atom. The first-order valence-electron chi connectivity index (χ1n) is 16.4. The Labute approximate surface area is 288 Å². The van der Waals surface area contributed by atoms with Gasteiger partial charge in [-0.05, 0) is 70.3 Å². The van der Waals surface area contributed by atoms with Crippen LogP contribution < -0.4 is 4.90 Å². The van der Waals surface area contributed by atoms with E-state index in [4.69, 9.17) is 0 Å². The van der Waals surface area contributed by atoms with Crippen LogP contribution >= 0.6 is 0 Å². The topological polar surface area (TPSA) is 66.1 Å². The smallest absolute Gasteiger partial charge is 0.268 e. The van der Waals surface area contributed by atoms with Gasteiger partial charge >= 0.3 is 0 Å². The molecule has 50 heavy (non-hydrogen) atoms. The van der Waals surface area contributed by atoms with E-state index in [2.05, 4.69) is 22.8 Å². The summed E-state index contributed by atoms with van der Waals surface area (Å²) in [5, 5.41) is 11.8. The number of nitrogens with zero attached hydrogens (tertiary/aromatic N) is 3. The molecule has 0 fully saturated rings. The van der Waals surface area contributed by atoms with Gasteiger partial charge < -0.3 is 4.57 Å². The second-order valence-electron chi connectivity index (χ2n) is 12.3. The summed E-state index contributed by atoms with van der Waals surface area (Å²) in [5.41, 5.74) is 9.76. The lowest BCUT2D eigenvalue weighted by Gasteiger charge is -2.22. The Bertz CT molecular complexity index is 2700. The number of rotatable bonds is 5. The first kappa shape index (κ1) is 29.1. The summed E-state index contributed by atoms with van der Waals surface area (Å²) in [6.07, 6.45) is 0. The summed E-state index contributed by atoms with van der Waals surface area (Å²) < 4.78 is 2.08. The average molecular weight is 642 g/mol. The van der Waals surface area contributed by atoms with E-state index < -0.39 is 0 Å². The number of fused-ring (bicyclic) bond motifs is 4. The molecule has 5 heteroatoms. The van der Waals surface area contributed by atoms with E-state index >= 15 is 0 Å². The van der Waals surface area contributed by atoms with Crippen molar-refractivity contribution in [1.29, 1.82) is 5.26 Å². The second-order valence-corrected chi connectivity index (χ2v) is 12.3. The van der Waals surface area contributed by atoms with Crippen LogP contribution in [-0.2, 0) is 0 Å². The van der Waals surface area contributed by atoms with E-state index in [0.29, 0.717) is 28.1 Å². The molecule has 0 unspecified atom stereocenters. The van der Waals surface area contributed by atoms with Gasteiger partial charge in [0.15, 0.2) is 0 Å². The molecule has 0 saturated carbocycles. The van der Waals surface area contributed by atoms with Crippen LogP contribution in [0.25, 0.3) is 60.9 Å². The molecular weight excluding hydrogens is 615 g/mol. The molecule has 234 valence electrons. The Morgan fingerprint density at radius 1 is 0.440 bits per heavy atom. The van der Waals surface area contributed by atoms with Gasteiger partial charge in [0.1, 0.15) is 0 Å². The minimum Gasteiger partial charge on any atom is -0.308 e. The van der Waals surface area contributed by atoms with Crippen molar-refractivity contribution in [2.45, 2.75) is 0 Å². The van der Waals surface area contributed by atoms with Crippen molar-refractivity contribution < 1.29 is 9.59 Å². The molecular formula is C45H27N3O2. The average Bonchev–Trinajstić information content (AvgIpc) is 3.65. The molecule has 0 radical (unpaired) electrons. The summed E-state index contributed by atoms with van der Waals surface area (Å²) in [6, 6.07) is 55.4. The van der Waals surface area contributed by atoms with Crippen LogP contribution in [0.3, 0.4) is 0 Å². The molecule has 2 heterocycles. The van der Waals surface area contributed by atoms with Gasteiger partial charge in [0.25, 0.3) is 11.8 Å². The maximum absolute atomic E-state index is 14.8. The van der Waals surface area contributed by atoms with Crippen LogP contribution in [-0.4, -0.2) is 16.4 Å². The molecule has 0 atom stereocenters. The number of benzene rings is 7. The molecule has 0 saturated heterocycles. The molecule has 9 rings (SSSR count). The predicted octanol–water partition coefficient (Wildman–Crippen LogP) is 10.5. The lowest BCUT2D eigenvalue weighted by Crippen LogP contribution is -2.30. The van der Waals surface area contributed by atoms with Gasteiger partial charge in [0, 0.05) is 16.3 Å². The Morgan fingerprint density at radius 2 is 1.06 bits per heavy atom. The molecule has 8 aromatic rings. The van der Waals surface area contributed by atoms with Crippen LogP contribution in [0.5, 0.6) is 0 Å². The minimum absolute atomic E-state index is 0.356. The summed E-state index contributed by atoms with van der Waals surface area (Å²) in [5.74, 6) is -0.723. The van der Waals surface area contributed by atoms with E-state index in [1.165, 1.54) is 4.90 Å². The van der Waals surface area contributed by atoms with Gasteiger partial charge in [-0.1, -0.05) is 121 Å². The number of imide groups is 1. The first-order valence-corrected chi connectivity index (χ1v) is 16.4. The zero-order chi connectivity index (χ0) is 33.8. The van der Waals surface area contributed by atoms with Crippen molar-refractivity contribution in [3.63, 3.8) is 0 Å². The molecule has 1 aliphatic rings. The van der Waals surface area contributed by atoms with Crippen LogP contribution in [0.2, 0.25) is 0 Å². The van der Waals surface area contributed by atoms with Crippen molar-refractivity contribution >= 4 is 39.3 Å². The minimum atomic E-state index is -0.367. The normalized spacial score (nSPS) is 12.4. The van der Waals surface area contributed by atoms with Crippen molar-refractivity contribution in [3.8, 4) is 45.1 Å². The number of amides is 2. The van der Waals surface area contributed by atoms with E-state index in [1.54, 1.807) is 6.07 Å². The van der Waals surface area contributed by atoms with E-state index in [1.807, 2.05) is 146 Å². The number of hydrogen-bond donors (Lipinski definition) is 0. The summed E-state index contributed by atoms with van der Waals surface area (Å²) in [7, 11) is 0. The summed E-state index contributed by atoms with van der Waals surface area (Å²) >= 11 is 0. The summed E-state index contributed by atoms with van der Waals surface area (Å²) in [4.78, 5) is 30.6. The zero-order valence-corrected chi connectivity index (χ0v) is 26.7. The van der Waals surface area contributed by atoms with Crippen molar-refractivity contribution in [2.24, 2.45) is 0 Å². The maximum Gasteiger partial charge on any atom is 0.268 e. The highest BCUT2D eigenvalue weighted by Crippen LogP contribution is 2.44. The van der Waals surface area contributed by atoms with Gasteiger partial charge in [-0.3, -0.25) is 9.59 Å². The molecule has 7 aromatic carbocycles. The number of carbonyl (C=O) groups is 2. The Balaban J connectivity index is 1.25. The van der Waals surface area contributed by atoms with Gasteiger partial charge in [-0.2, -0.15) is 5.26 Å². The van der Waals surface area contributed by atoms with E-state index in [9.17, 15) is 14.9 Å². The van der Waals surface area contributed by atoms with Crippen LogP contribution in [0.4, 0.5) is 5.69 Å². The highest BCUT2D eigenvalue weighted by Gasteiger charge is 2.40. The standard InChI is InChI=1S/C45H27N3O2/c46-28-32-17-7-8-18-33(32)31-25-26-39-37(27-31)35-19-9-10-22-38(35)47(39)41-24-12-21-36-43(41)45(50)48(44(36)49)40-23-11-20-34(29-13-3-1-4-14-29)42(40)30-15-5-2-6-16-30/h1-27H. The molecule has 0 aliphatic carbocycles.